The van der Waals surface area contributed by atoms with Gasteiger partial charge in [0.1, 0.15) is 11.5 Å². The van der Waals surface area contributed by atoms with E-state index in [1.54, 1.807) is 50.7 Å². The summed E-state index contributed by atoms with van der Waals surface area (Å²) in [4.78, 5) is 17.4. The molecule has 1 aromatic heterocycles. The van der Waals surface area contributed by atoms with Crippen molar-refractivity contribution in [2.75, 3.05) is 14.2 Å². The van der Waals surface area contributed by atoms with Gasteiger partial charge in [-0.2, -0.15) is 0 Å². The largest absolute Gasteiger partial charge is 0.493 e. The van der Waals surface area contributed by atoms with Crippen molar-refractivity contribution < 1.29 is 19.0 Å². The van der Waals surface area contributed by atoms with Crippen LogP contribution in [0.25, 0.3) is 22.0 Å². The predicted molar refractivity (Wildman–Crippen MR) is 137 cm³/mol. The van der Waals surface area contributed by atoms with Crippen molar-refractivity contribution in [1.82, 2.24) is 4.98 Å². The Morgan fingerprint density at radius 1 is 0.657 bits per heavy atom. The van der Waals surface area contributed by atoms with Crippen molar-refractivity contribution in [1.29, 1.82) is 0 Å². The summed E-state index contributed by atoms with van der Waals surface area (Å²) in [5.41, 5.74) is 4.15. The van der Waals surface area contributed by atoms with Gasteiger partial charge < -0.3 is 14.2 Å². The minimum Gasteiger partial charge on any atom is -0.493 e. The molecule has 5 aromatic rings. The highest BCUT2D eigenvalue weighted by Gasteiger charge is 2.13. The molecule has 172 valence electrons. The van der Waals surface area contributed by atoms with E-state index in [0.717, 1.165) is 22.0 Å². The second-order valence-corrected chi connectivity index (χ2v) is 7.93. The lowest BCUT2D eigenvalue weighted by atomic mass is 9.99. The molecule has 0 spiro atoms. The number of hydrogen-bond donors (Lipinski definition) is 0. The summed E-state index contributed by atoms with van der Waals surface area (Å²) in [6, 6.07) is 30.3. The summed E-state index contributed by atoms with van der Waals surface area (Å²) in [6.45, 7) is 0. The van der Waals surface area contributed by atoms with Crippen LogP contribution in [-0.2, 0) is 0 Å². The molecule has 0 aliphatic heterocycles. The number of hydrogen-bond acceptors (Lipinski definition) is 5. The standard InChI is InChI=1S/C30H23NO4/c1-33-28-18-25-26(19-29(28)34-2)31-17-16-27(25)35-24-14-12-23(13-15-24)30(32)22-10-8-21(9-11-22)20-6-4-3-5-7-20/h3-19H,1-2H3. The van der Waals surface area contributed by atoms with Gasteiger partial charge in [-0.15, -0.1) is 0 Å². The maximum absolute atomic E-state index is 13.0. The maximum Gasteiger partial charge on any atom is 0.193 e. The molecule has 5 rings (SSSR count). The van der Waals surface area contributed by atoms with Gasteiger partial charge >= 0.3 is 0 Å². The molecule has 0 radical (unpaired) electrons. The van der Waals surface area contributed by atoms with E-state index in [0.29, 0.717) is 34.1 Å². The van der Waals surface area contributed by atoms with Gasteiger partial charge in [0.25, 0.3) is 0 Å². The topological polar surface area (TPSA) is 57.7 Å². The first-order valence-electron chi connectivity index (χ1n) is 11.1. The lowest BCUT2D eigenvalue weighted by molar-refractivity contribution is 0.103. The van der Waals surface area contributed by atoms with Gasteiger partial charge in [0.15, 0.2) is 17.3 Å². The number of ketones is 1. The summed E-state index contributed by atoms with van der Waals surface area (Å²) in [5.74, 6) is 2.40. The molecular formula is C30H23NO4. The van der Waals surface area contributed by atoms with Crippen LogP contribution >= 0.6 is 0 Å². The van der Waals surface area contributed by atoms with Gasteiger partial charge in [-0.25, -0.2) is 0 Å². The fourth-order valence-corrected chi connectivity index (χ4v) is 3.95. The number of benzene rings is 4. The number of carbonyl (C=O) groups is 1. The molecule has 0 bridgehead atoms. The third-order valence-electron chi connectivity index (χ3n) is 5.81. The van der Waals surface area contributed by atoms with Crippen molar-refractivity contribution in [3.05, 3.63) is 114 Å². The van der Waals surface area contributed by atoms with Crippen LogP contribution in [0.3, 0.4) is 0 Å². The average Bonchev–Trinajstić information content (AvgIpc) is 2.93. The lowest BCUT2D eigenvalue weighted by Gasteiger charge is -2.12. The first-order valence-corrected chi connectivity index (χ1v) is 11.1. The zero-order valence-electron chi connectivity index (χ0n) is 19.4. The minimum atomic E-state index is -0.0395. The van der Waals surface area contributed by atoms with Crippen LogP contribution in [-0.4, -0.2) is 25.0 Å². The Morgan fingerprint density at radius 2 is 1.26 bits per heavy atom. The molecule has 35 heavy (non-hydrogen) atoms. The Hall–Kier alpha value is -4.64. The Labute approximate surface area is 203 Å². The van der Waals surface area contributed by atoms with Crippen molar-refractivity contribution in [3.8, 4) is 34.1 Å². The first-order chi connectivity index (χ1) is 17.2. The van der Waals surface area contributed by atoms with E-state index in [9.17, 15) is 4.79 Å². The van der Waals surface area contributed by atoms with E-state index in [1.807, 2.05) is 66.7 Å². The molecule has 0 saturated heterocycles. The van der Waals surface area contributed by atoms with Crippen LogP contribution in [0.4, 0.5) is 0 Å². The van der Waals surface area contributed by atoms with Crippen molar-refractivity contribution in [2.24, 2.45) is 0 Å². The molecule has 0 atom stereocenters. The molecule has 4 aromatic carbocycles. The zero-order valence-corrected chi connectivity index (χ0v) is 19.4. The summed E-state index contributed by atoms with van der Waals surface area (Å²) in [5, 5.41) is 0.795. The number of rotatable bonds is 7. The van der Waals surface area contributed by atoms with Gasteiger partial charge in [0, 0.05) is 28.8 Å². The quantitative estimate of drug-likeness (QED) is 0.246. The summed E-state index contributed by atoms with van der Waals surface area (Å²) in [6.07, 6.45) is 1.68. The zero-order chi connectivity index (χ0) is 24.2. The number of ether oxygens (including phenoxy) is 3. The average molecular weight is 462 g/mol. The number of pyridine rings is 1. The molecule has 0 unspecified atom stereocenters. The van der Waals surface area contributed by atoms with Crippen LogP contribution in [0.5, 0.6) is 23.0 Å². The Bertz CT molecular complexity index is 1480. The second-order valence-electron chi connectivity index (χ2n) is 7.93. The molecule has 1 heterocycles. The predicted octanol–water partition coefficient (Wildman–Crippen LogP) is 6.94. The number of fused-ring (bicyclic) bond motifs is 1. The Balaban J connectivity index is 1.36. The second kappa shape index (κ2) is 9.69. The number of nitrogens with zero attached hydrogens (tertiary/aromatic N) is 1. The van der Waals surface area contributed by atoms with Crippen molar-refractivity contribution in [2.45, 2.75) is 0 Å². The van der Waals surface area contributed by atoms with Crippen LogP contribution in [0.2, 0.25) is 0 Å². The highest BCUT2D eigenvalue weighted by atomic mass is 16.5. The van der Waals surface area contributed by atoms with E-state index in [1.165, 1.54) is 0 Å². The van der Waals surface area contributed by atoms with Gasteiger partial charge in [-0.05, 0) is 47.5 Å². The highest BCUT2D eigenvalue weighted by Crippen LogP contribution is 2.37. The van der Waals surface area contributed by atoms with E-state index < -0.39 is 0 Å². The van der Waals surface area contributed by atoms with Crippen LogP contribution in [0, 0.1) is 0 Å². The third-order valence-corrected chi connectivity index (χ3v) is 5.81. The molecule has 5 heteroatoms. The van der Waals surface area contributed by atoms with Gasteiger partial charge in [0.2, 0.25) is 0 Å². The van der Waals surface area contributed by atoms with Gasteiger partial charge in [-0.3, -0.25) is 9.78 Å². The van der Waals surface area contributed by atoms with Crippen LogP contribution < -0.4 is 14.2 Å². The molecule has 0 aliphatic carbocycles. The number of aromatic nitrogens is 1. The molecule has 0 aliphatic rings. The van der Waals surface area contributed by atoms with Gasteiger partial charge in [0.05, 0.1) is 19.7 Å². The summed E-state index contributed by atoms with van der Waals surface area (Å²) >= 11 is 0. The Morgan fingerprint density at radius 3 is 1.91 bits per heavy atom. The van der Waals surface area contributed by atoms with Crippen molar-refractivity contribution in [3.63, 3.8) is 0 Å². The molecule has 0 fully saturated rings. The van der Waals surface area contributed by atoms with E-state index in [-0.39, 0.29) is 5.78 Å². The molecule has 0 amide bonds. The SMILES string of the molecule is COc1cc2nccc(Oc3ccc(C(=O)c4ccc(-c5ccccc5)cc4)cc3)c2cc1OC. The Kier molecular flexibility index (Phi) is 6.14. The smallest absolute Gasteiger partial charge is 0.193 e. The molecule has 5 nitrogen and oxygen atoms in total. The van der Waals surface area contributed by atoms with E-state index in [2.05, 4.69) is 4.98 Å². The molecular weight excluding hydrogens is 438 g/mol. The highest BCUT2D eigenvalue weighted by molar-refractivity contribution is 6.09. The fourth-order valence-electron chi connectivity index (χ4n) is 3.95. The number of carbonyl (C=O) groups excluding carboxylic acids is 1. The third kappa shape index (κ3) is 4.57. The fraction of sp³-hybridized carbons (Fsp3) is 0.0667. The summed E-state index contributed by atoms with van der Waals surface area (Å²) < 4.78 is 16.9. The normalized spacial score (nSPS) is 10.7. The van der Waals surface area contributed by atoms with Crippen molar-refractivity contribution >= 4 is 16.7 Å². The van der Waals surface area contributed by atoms with Crippen LogP contribution in [0.15, 0.2) is 103 Å². The first kappa shape index (κ1) is 22.2. The number of methoxy groups -OCH3 is 2. The molecule has 0 saturated carbocycles. The van der Waals surface area contributed by atoms with Crippen LogP contribution in [0.1, 0.15) is 15.9 Å². The van der Waals surface area contributed by atoms with E-state index >= 15 is 0 Å². The maximum atomic E-state index is 13.0. The van der Waals surface area contributed by atoms with Gasteiger partial charge in [-0.1, -0.05) is 54.6 Å². The molecule has 0 N–H and O–H groups in total. The summed E-state index contributed by atoms with van der Waals surface area (Å²) in [7, 11) is 3.18. The lowest BCUT2D eigenvalue weighted by Crippen LogP contribution is -2.01. The monoisotopic (exact) mass is 461 g/mol. The van der Waals surface area contributed by atoms with E-state index in [4.69, 9.17) is 14.2 Å². The minimum absolute atomic E-state index is 0.0395.